The average molecular weight is 253 g/mol. The van der Waals surface area contributed by atoms with Gasteiger partial charge in [-0.25, -0.2) is 4.98 Å². The van der Waals surface area contributed by atoms with Crippen LogP contribution in [0.15, 0.2) is 18.7 Å². The Morgan fingerprint density at radius 3 is 3.00 bits per heavy atom. The van der Waals surface area contributed by atoms with Crippen molar-refractivity contribution < 1.29 is 19.4 Å². The average Bonchev–Trinajstić information content (AvgIpc) is 2.81. The molecule has 2 rings (SSSR count). The van der Waals surface area contributed by atoms with E-state index in [0.29, 0.717) is 13.2 Å². The van der Waals surface area contributed by atoms with Crippen molar-refractivity contribution in [1.29, 1.82) is 0 Å². The van der Waals surface area contributed by atoms with E-state index in [1.54, 1.807) is 28.2 Å². The van der Waals surface area contributed by atoms with E-state index in [1.807, 2.05) is 0 Å². The van der Waals surface area contributed by atoms with Crippen molar-refractivity contribution in [3.05, 3.63) is 18.7 Å². The van der Waals surface area contributed by atoms with Gasteiger partial charge in [0.15, 0.2) is 0 Å². The zero-order chi connectivity index (χ0) is 13.0. The van der Waals surface area contributed by atoms with Crippen molar-refractivity contribution in [3.8, 4) is 0 Å². The lowest BCUT2D eigenvalue weighted by Gasteiger charge is -2.34. The summed E-state index contributed by atoms with van der Waals surface area (Å²) in [7, 11) is 0. The van der Waals surface area contributed by atoms with Gasteiger partial charge in [0.1, 0.15) is 6.54 Å². The molecule has 1 aromatic heterocycles. The highest BCUT2D eigenvalue weighted by molar-refractivity contribution is 5.77. The molecule has 98 valence electrons. The van der Waals surface area contributed by atoms with Crippen LogP contribution in [-0.4, -0.2) is 57.2 Å². The van der Waals surface area contributed by atoms with Crippen LogP contribution in [0.2, 0.25) is 0 Å². The number of carbonyl (C=O) groups excluding carboxylic acids is 1. The predicted molar refractivity (Wildman–Crippen MR) is 60.8 cm³/mol. The lowest BCUT2D eigenvalue weighted by Crippen LogP contribution is -2.50. The number of imidazole rings is 1. The van der Waals surface area contributed by atoms with Gasteiger partial charge in [0, 0.05) is 18.9 Å². The van der Waals surface area contributed by atoms with Crippen molar-refractivity contribution >= 4 is 11.9 Å². The van der Waals surface area contributed by atoms with Gasteiger partial charge in [0.25, 0.3) is 0 Å². The Bertz CT molecular complexity index is 418. The Hall–Kier alpha value is -1.89. The Labute approximate surface area is 104 Å². The second-order valence-electron chi connectivity index (χ2n) is 4.15. The minimum absolute atomic E-state index is 0.0876. The summed E-state index contributed by atoms with van der Waals surface area (Å²) in [5, 5.41) is 8.81. The Morgan fingerprint density at radius 2 is 2.33 bits per heavy atom. The van der Waals surface area contributed by atoms with Gasteiger partial charge >= 0.3 is 5.97 Å². The maximum atomic E-state index is 12.1. The first-order chi connectivity index (χ1) is 8.66. The molecule has 1 saturated heterocycles. The molecule has 18 heavy (non-hydrogen) atoms. The standard InChI is InChI=1S/C11H15N3O4/c15-10(6-13-2-1-12-8-13)14-3-4-18-7-9(14)5-11(16)17/h1-2,8-9H,3-7H2,(H,16,17)/t9-/m0/s1. The molecular weight excluding hydrogens is 238 g/mol. The molecule has 1 aromatic rings. The van der Waals surface area contributed by atoms with Crippen molar-refractivity contribution in [2.24, 2.45) is 0 Å². The van der Waals surface area contributed by atoms with Crippen molar-refractivity contribution in [1.82, 2.24) is 14.5 Å². The molecule has 1 aliphatic heterocycles. The van der Waals surface area contributed by atoms with Gasteiger partial charge < -0.3 is 19.3 Å². The van der Waals surface area contributed by atoms with Gasteiger partial charge in [-0.3, -0.25) is 9.59 Å². The quantitative estimate of drug-likeness (QED) is 0.788. The molecule has 0 saturated carbocycles. The molecule has 2 heterocycles. The smallest absolute Gasteiger partial charge is 0.305 e. The second-order valence-corrected chi connectivity index (χ2v) is 4.15. The molecule has 1 aliphatic rings. The van der Waals surface area contributed by atoms with Crippen molar-refractivity contribution in [3.63, 3.8) is 0 Å². The Balaban J connectivity index is 1.99. The van der Waals surface area contributed by atoms with E-state index in [-0.39, 0.29) is 31.5 Å². The molecule has 0 aromatic carbocycles. The van der Waals surface area contributed by atoms with Gasteiger partial charge in [0.05, 0.1) is 32.0 Å². The number of hydrogen-bond donors (Lipinski definition) is 1. The molecule has 1 atom stereocenters. The molecular formula is C11H15N3O4. The summed E-state index contributed by atoms with van der Waals surface area (Å²) in [6.45, 7) is 1.34. The minimum Gasteiger partial charge on any atom is -0.481 e. The molecule has 0 aliphatic carbocycles. The molecule has 0 radical (unpaired) electrons. The van der Waals surface area contributed by atoms with Crippen molar-refractivity contribution in [2.75, 3.05) is 19.8 Å². The van der Waals surface area contributed by atoms with Crippen LogP contribution in [0.4, 0.5) is 0 Å². The third kappa shape index (κ3) is 3.07. The fourth-order valence-electron chi connectivity index (χ4n) is 1.98. The summed E-state index contributed by atoms with van der Waals surface area (Å²) in [5.41, 5.74) is 0. The fraction of sp³-hybridized carbons (Fsp3) is 0.545. The minimum atomic E-state index is -0.925. The number of rotatable bonds is 4. The van der Waals surface area contributed by atoms with Gasteiger partial charge in [-0.2, -0.15) is 0 Å². The molecule has 7 nitrogen and oxygen atoms in total. The van der Waals surface area contributed by atoms with Crippen LogP contribution in [0.3, 0.4) is 0 Å². The SMILES string of the molecule is O=C(O)C[C@H]1COCCN1C(=O)Cn1ccnc1. The van der Waals surface area contributed by atoms with E-state index < -0.39 is 5.97 Å². The molecule has 0 bridgehead atoms. The molecule has 0 spiro atoms. The van der Waals surface area contributed by atoms with E-state index in [0.717, 1.165) is 0 Å². The fourth-order valence-corrected chi connectivity index (χ4v) is 1.98. The van der Waals surface area contributed by atoms with Crippen molar-refractivity contribution in [2.45, 2.75) is 19.0 Å². The number of aliphatic carboxylic acids is 1. The van der Waals surface area contributed by atoms with E-state index >= 15 is 0 Å². The van der Waals surface area contributed by atoms with Crippen LogP contribution < -0.4 is 0 Å². The number of carboxylic acids is 1. The highest BCUT2D eigenvalue weighted by Gasteiger charge is 2.28. The summed E-state index contributed by atoms with van der Waals surface area (Å²) in [5.74, 6) is -1.03. The summed E-state index contributed by atoms with van der Waals surface area (Å²) in [6, 6.07) is -0.382. The van der Waals surface area contributed by atoms with Crippen LogP contribution >= 0.6 is 0 Å². The summed E-state index contributed by atoms with van der Waals surface area (Å²) in [6.07, 6.45) is 4.77. The number of hydrogen-bond acceptors (Lipinski definition) is 4. The zero-order valence-corrected chi connectivity index (χ0v) is 9.86. The number of amides is 1. The normalized spacial score (nSPS) is 19.8. The topological polar surface area (TPSA) is 84.7 Å². The third-order valence-corrected chi connectivity index (χ3v) is 2.84. The zero-order valence-electron chi connectivity index (χ0n) is 9.86. The summed E-state index contributed by atoms with van der Waals surface area (Å²) in [4.78, 5) is 28.3. The van der Waals surface area contributed by atoms with E-state index in [4.69, 9.17) is 9.84 Å². The summed E-state index contributed by atoms with van der Waals surface area (Å²) >= 11 is 0. The highest BCUT2D eigenvalue weighted by Crippen LogP contribution is 2.11. The van der Waals surface area contributed by atoms with Gasteiger partial charge in [0.2, 0.25) is 5.91 Å². The number of morpholine rings is 1. The Morgan fingerprint density at radius 1 is 1.50 bits per heavy atom. The largest absolute Gasteiger partial charge is 0.481 e. The summed E-state index contributed by atoms with van der Waals surface area (Å²) < 4.78 is 6.88. The van der Waals surface area contributed by atoms with E-state index in [1.165, 1.54) is 0 Å². The highest BCUT2D eigenvalue weighted by atomic mass is 16.5. The third-order valence-electron chi connectivity index (χ3n) is 2.84. The number of carboxylic acid groups (broad SMARTS) is 1. The lowest BCUT2D eigenvalue weighted by molar-refractivity contribution is -0.146. The van der Waals surface area contributed by atoms with Crippen LogP contribution in [0, 0.1) is 0 Å². The monoisotopic (exact) mass is 253 g/mol. The van der Waals surface area contributed by atoms with Crippen LogP contribution in [0.1, 0.15) is 6.42 Å². The second kappa shape index (κ2) is 5.63. The maximum absolute atomic E-state index is 12.1. The number of aromatic nitrogens is 2. The van der Waals surface area contributed by atoms with E-state index in [9.17, 15) is 9.59 Å². The van der Waals surface area contributed by atoms with Crippen LogP contribution in [-0.2, 0) is 20.9 Å². The predicted octanol–water partition coefficient (Wildman–Crippen LogP) is -0.415. The lowest BCUT2D eigenvalue weighted by atomic mass is 10.1. The molecule has 0 unspecified atom stereocenters. The van der Waals surface area contributed by atoms with Crippen LogP contribution in [0.25, 0.3) is 0 Å². The van der Waals surface area contributed by atoms with Gasteiger partial charge in [-0.15, -0.1) is 0 Å². The molecule has 1 N–H and O–H groups in total. The molecule has 1 fully saturated rings. The Kier molecular flexibility index (Phi) is 3.93. The number of ether oxygens (including phenoxy) is 1. The number of carbonyl (C=O) groups is 2. The maximum Gasteiger partial charge on any atom is 0.305 e. The molecule has 7 heteroatoms. The van der Waals surface area contributed by atoms with Gasteiger partial charge in [-0.1, -0.05) is 0 Å². The first-order valence-corrected chi connectivity index (χ1v) is 5.71. The van der Waals surface area contributed by atoms with Gasteiger partial charge in [-0.05, 0) is 0 Å². The van der Waals surface area contributed by atoms with E-state index in [2.05, 4.69) is 4.98 Å². The van der Waals surface area contributed by atoms with Crippen LogP contribution in [0.5, 0.6) is 0 Å². The molecule has 1 amide bonds. The number of nitrogens with zero attached hydrogens (tertiary/aromatic N) is 3. The first kappa shape index (κ1) is 12.6. The first-order valence-electron chi connectivity index (χ1n) is 5.71.